The number of methoxy groups -OCH3 is 1. The lowest BCUT2D eigenvalue weighted by Gasteiger charge is -2.23. The van der Waals surface area contributed by atoms with E-state index < -0.39 is 42.7 Å². The van der Waals surface area contributed by atoms with Crippen molar-refractivity contribution in [3.8, 4) is 0 Å². The van der Waals surface area contributed by atoms with Gasteiger partial charge in [-0.25, -0.2) is 4.39 Å². The second-order valence-electron chi connectivity index (χ2n) is 8.26. The van der Waals surface area contributed by atoms with Crippen molar-refractivity contribution in [2.24, 2.45) is 11.8 Å². The number of fused-ring (bicyclic) bond motifs is 3. The van der Waals surface area contributed by atoms with Gasteiger partial charge < -0.3 is 10.1 Å². The van der Waals surface area contributed by atoms with E-state index in [9.17, 15) is 23.6 Å². The third kappa shape index (κ3) is 5.10. The molecule has 174 valence electrons. The van der Waals surface area contributed by atoms with E-state index in [4.69, 9.17) is 0 Å². The van der Waals surface area contributed by atoms with E-state index in [0.29, 0.717) is 0 Å². The fourth-order valence-electron chi connectivity index (χ4n) is 3.97. The second-order valence-corrected chi connectivity index (χ2v) is 8.26. The van der Waals surface area contributed by atoms with Gasteiger partial charge in [-0.1, -0.05) is 50.2 Å². The van der Waals surface area contributed by atoms with Gasteiger partial charge in [0.2, 0.25) is 11.8 Å². The van der Waals surface area contributed by atoms with Crippen molar-refractivity contribution in [1.82, 2.24) is 9.88 Å². The number of para-hydroxylation sites is 2. The van der Waals surface area contributed by atoms with E-state index in [2.05, 4.69) is 10.1 Å². The van der Waals surface area contributed by atoms with E-state index in [-0.39, 0.29) is 18.2 Å². The van der Waals surface area contributed by atoms with Gasteiger partial charge in [-0.15, -0.1) is 0 Å². The molecule has 0 saturated heterocycles. The Morgan fingerprint density at radius 2 is 1.48 bits per heavy atom. The highest BCUT2D eigenvalue weighted by Crippen LogP contribution is 2.30. The van der Waals surface area contributed by atoms with Crippen LogP contribution >= 0.6 is 0 Å². The van der Waals surface area contributed by atoms with E-state index in [0.717, 1.165) is 28.9 Å². The minimum Gasteiger partial charge on any atom is -0.469 e. The van der Waals surface area contributed by atoms with Gasteiger partial charge in [0.1, 0.15) is 12.7 Å². The summed E-state index contributed by atoms with van der Waals surface area (Å²) in [5.41, 5.74) is 1.48. The van der Waals surface area contributed by atoms with Gasteiger partial charge in [0, 0.05) is 23.1 Å². The minimum absolute atomic E-state index is 0.124. The molecule has 3 rings (SSSR count). The van der Waals surface area contributed by atoms with Crippen molar-refractivity contribution < 1.29 is 28.3 Å². The predicted molar refractivity (Wildman–Crippen MR) is 123 cm³/mol. The van der Waals surface area contributed by atoms with Crippen LogP contribution in [0.5, 0.6) is 0 Å². The summed E-state index contributed by atoms with van der Waals surface area (Å²) in [6.07, 6.45) is -0.600. The maximum Gasteiger partial charge on any atom is 0.308 e. The monoisotopic (exact) mass is 454 g/mol. The van der Waals surface area contributed by atoms with E-state index in [1.54, 1.807) is 18.4 Å². The number of nitrogens with one attached hydrogen (secondary N) is 1. The average Bonchev–Trinajstić information content (AvgIpc) is 3.15. The molecule has 0 aliphatic heterocycles. The molecule has 3 aromatic rings. The Bertz CT molecular complexity index is 1150. The number of ether oxygens (including phenoxy) is 1. The summed E-state index contributed by atoms with van der Waals surface area (Å²) in [4.78, 5) is 50.0. The van der Waals surface area contributed by atoms with E-state index in [1.165, 1.54) is 0 Å². The first-order valence-electron chi connectivity index (χ1n) is 10.8. The standard InChI is InChI=1S/C25H27FN2O5/c1-15(2)18(25(32)27-19(22(29)14-26)13-24(31)33-3)12-23(30)28-20-10-6-4-8-16(20)17-9-5-7-11-21(17)28/h4-11,15,18-19H,12-14H2,1-3H3,(H,27,32)/t18-,19?/m1/s1. The molecule has 0 bridgehead atoms. The zero-order valence-corrected chi connectivity index (χ0v) is 18.8. The SMILES string of the molecule is COC(=O)CC(NC(=O)[C@H](CC(=O)n1c2ccccc2c2ccccc21)C(C)C)C(=O)CF. The topological polar surface area (TPSA) is 94.5 Å². The molecular formula is C25H27FN2O5. The third-order valence-electron chi connectivity index (χ3n) is 5.80. The smallest absolute Gasteiger partial charge is 0.308 e. The van der Waals surface area contributed by atoms with Crippen LogP contribution in [0.25, 0.3) is 21.8 Å². The van der Waals surface area contributed by atoms with Gasteiger partial charge in [-0.3, -0.25) is 23.7 Å². The number of carbonyl (C=O) groups excluding carboxylic acids is 4. The van der Waals surface area contributed by atoms with E-state index >= 15 is 0 Å². The number of halogens is 1. The normalized spacial score (nSPS) is 13.1. The van der Waals surface area contributed by atoms with Crippen LogP contribution in [0, 0.1) is 11.8 Å². The van der Waals surface area contributed by atoms with Gasteiger partial charge in [-0.05, 0) is 18.1 Å². The lowest BCUT2D eigenvalue weighted by molar-refractivity contribution is -0.143. The number of aromatic nitrogens is 1. The highest BCUT2D eigenvalue weighted by molar-refractivity contribution is 6.13. The lowest BCUT2D eigenvalue weighted by atomic mass is 9.90. The Balaban J connectivity index is 1.89. The number of alkyl halides is 1. The molecule has 8 heteroatoms. The second kappa shape index (κ2) is 10.4. The van der Waals surface area contributed by atoms with Crippen molar-refractivity contribution in [3.63, 3.8) is 0 Å². The molecule has 1 aromatic heterocycles. The third-order valence-corrected chi connectivity index (χ3v) is 5.80. The molecule has 2 atom stereocenters. The van der Waals surface area contributed by atoms with Gasteiger partial charge in [-0.2, -0.15) is 0 Å². The van der Waals surface area contributed by atoms with Gasteiger partial charge >= 0.3 is 5.97 Å². The zero-order chi connectivity index (χ0) is 24.1. The first-order chi connectivity index (χ1) is 15.8. The molecule has 1 amide bonds. The van der Waals surface area contributed by atoms with Crippen molar-refractivity contribution in [1.29, 1.82) is 0 Å². The van der Waals surface area contributed by atoms with Crippen LogP contribution in [0.1, 0.15) is 31.5 Å². The number of benzene rings is 2. The summed E-state index contributed by atoms with van der Waals surface area (Å²) in [5, 5.41) is 4.31. The number of hydrogen-bond donors (Lipinski definition) is 1. The van der Waals surface area contributed by atoms with Crippen LogP contribution in [0.15, 0.2) is 48.5 Å². The summed E-state index contributed by atoms with van der Waals surface area (Å²) in [7, 11) is 1.14. The molecule has 0 spiro atoms. The van der Waals surface area contributed by atoms with Gasteiger partial charge in [0.05, 0.1) is 24.6 Å². The zero-order valence-electron chi connectivity index (χ0n) is 18.8. The van der Waals surface area contributed by atoms with Crippen LogP contribution in [0.3, 0.4) is 0 Å². The molecule has 33 heavy (non-hydrogen) atoms. The van der Waals surface area contributed by atoms with Crippen LogP contribution in [0.2, 0.25) is 0 Å². The van der Waals surface area contributed by atoms with Crippen molar-refractivity contribution in [2.75, 3.05) is 13.8 Å². The lowest BCUT2D eigenvalue weighted by Crippen LogP contribution is -2.47. The van der Waals surface area contributed by atoms with Crippen molar-refractivity contribution in [3.05, 3.63) is 48.5 Å². The molecule has 1 unspecified atom stereocenters. The number of esters is 1. The molecule has 7 nitrogen and oxygen atoms in total. The Kier molecular flexibility index (Phi) is 7.58. The highest BCUT2D eigenvalue weighted by Gasteiger charge is 2.31. The average molecular weight is 454 g/mol. The number of amides is 1. The molecule has 2 aromatic carbocycles. The molecule has 1 heterocycles. The number of nitrogens with zero attached hydrogens (tertiary/aromatic N) is 1. The van der Waals surface area contributed by atoms with Crippen LogP contribution < -0.4 is 5.32 Å². The van der Waals surface area contributed by atoms with Crippen LogP contribution in [-0.4, -0.2) is 48.0 Å². The largest absolute Gasteiger partial charge is 0.469 e. The van der Waals surface area contributed by atoms with Gasteiger partial charge in [0.25, 0.3) is 0 Å². The minimum atomic E-state index is -1.35. The molecule has 0 fully saturated rings. The number of carbonyl (C=O) groups is 4. The van der Waals surface area contributed by atoms with Gasteiger partial charge in [0.15, 0.2) is 5.78 Å². The summed E-state index contributed by atoms with van der Waals surface area (Å²) >= 11 is 0. The molecule has 0 radical (unpaired) electrons. The number of Topliss-reactive ketones (excluding diaryl/α,β-unsaturated/α-hetero) is 1. The maximum atomic E-state index is 13.4. The summed E-state index contributed by atoms with van der Waals surface area (Å²) in [6, 6.07) is 13.7. The maximum absolute atomic E-state index is 13.4. The first kappa shape index (κ1) is 24.1. The summed E-state index contributed by atoms with van der Waals surface area (Å²) in [5.74, 6) is -3.57. The van der Waals surface area contributed by atoms with Crippen LogP contribution in [0.4, 0.5) is 4.39 Å². The predicted octanol–water partition coefficient (Wildman–Crippen LogP) is 3.68. The number of rotatable bonds is 9. The molecule has 0 saturated carbocycles. The molecule has 0 aliphatic carbocycles. The Morgan fingerprint density at radius 3 is 1.97 bits per heavy atom. The fourth-order valence-corrected chi connectivity index (χ4v) is 3.97. The summed E-state index contributed by atoms with van der Waals surface area (Å²) < 4.78 is 19.1. The number of ketones is 1. The van der Waals surface area contributed by atoms with Crippen molar-refractivity contribution in [2.45, 2.75) is 32.7 Å². The Morgan fingerprint density at radius 1 is 0.939 bits per heavy atom. The van der Waals surface area contributed by atoms with Crippen LogP contribution in [-0.2, 0) is 19.1 Å². The van der Waals surface area contributed by atoms with E-state index in [1.807, 2.05) is 48.5 Å². The molecule has 1 N–H and O–H groups in total. The summed E-state index contributed by atoms with van der Waals surface area (Å²) in [6.45, 7) is 2.25. The highest BCUT2D eigenvalue weighted by atomic mass is 19.1. The quantitative estimate of drug-likeness (QED) is 0.498. The molecule has 0 aliphatic rings. The Labute approximate surface area is 190 Å². The number of hydrogen-bond acceptors (Lipinski definition) is 5. The van der Waals surface area contributed by atoms with Crippen molar-refractivity contribution >= 4 is 45.4 Å². The Hall–Kier alpha value is -3.55. The fraction of sp³-hybridized carbons (Fsp3) is 0.360. The first-order valence-corrected chi connectivity index (χ1v) is 10.8. The molecular weight excluding hydrogens is 427 g/mol.